The van der Waals surface area contributed by atoms with Gasteiger partial charge < -0.3 is 15.0 Å². The zero-order chi connectivity index (χ0) is 19.2. The van der Waals surface area contributed by atoms with Crippen LogP contribution in [-0.4, -0.2) is 48.6 Å². The van der Waals surface area contributed by atoms with Gasteiger partial charge in [0, 0.05) is 44.3 Å². The molecule has 0 amide bonds. The summed E-state index contributed by atoms with van der Waals surface area (Å²) in [6.07, 6.45) is 2.35. The zero-order valence-electron chi connectivity index (χ0n) is 16.7. The number of nitrogens with one attached hydrogen (secondary N) is 1. The molecule has 0 spiro atoms. The number of guanidine groups is 1. The second-order valence-electron chi connectivity index (χ2n) is 8.02. The molecule has 2 aliphatic rings. The lowest BCUT2D eigenvalue weighted by Gasteiger charge is -2.37. The molecule has 8 heteroatoms. The summed E-state index contributed by atoms with van der Waals surface area (Å²) in [5, 5.41) is 14.4. The van der Waals surface area contributed by atoms with Crippen LogP contribution >= 0.6 is 24.0 Å². The molecule has 2 aliphatic heterocycles. The fraction of sp³-hybridized carbons (Fsp3) is 0.650. The van der Waals surface area contributed by atoms with E-state index in [4.69, 9.17) is 9.73 Å². The molecule has 0 aromatic heterocycles. The highest BCUT2D eigenvalue weighted by Crippen LogP contribution is 2.21. The lowest BCUT2D eigenvalue weighted by molar-refractivity contribution is -0.384. The quantitative estimate of drug-likeness (QED) is 0.219. The molecule has 1 aromatic carbocycles. The maximum Gasteiger partial charge on any atom is 0.269 e. The van der Waals surface area contributed by atoms with Crippen LogP contribution in [0, 0.1) is 27.9 Å². The van der Waals surface area contributed by atoms with Crippen molar-refractivity contribution in [2.75, 3.05) is 32.8 Å². The van der Waals surface area contributed by atoms with E-state index in [1.165, 1.54) is 6.42 Å². The van der Waals surface area contributed by atoms with Crippen molar-refractivity contribution in [3.8, 4) is 0 Å². The Morgan fingerprint density at radius 3 is 2.54 bits per heavy atom. The van der Waals surface area contributed by atoms with Crippen molar-refractivity contribution >= 4 is 35.6 Å². The summed E-state index contributed by atoms with van der Waals surface area (Å²) in [6.45, 7) is 9.66. The Labute approximate surface area is 184 Å². The van der Waals surface area contributed by atoms with Gasteiger partial charge in [0.15, 0.2) is 5.96 Å². The Morgan fingerprint density at radius 2 is 1.96 bits per heavy atom. The van der Waals surface area contributed by atoms with Crippen LogP contribution < -0.4 is 5.32 Å². The van der Waals surface area contributed by atoms with E-state index in [0.29, 0.717) is 24.3 Å². The van der Waals surface area contributed by atoms with Crippen LogP contribution in [0.15, 0.2) is 29.3 Å². The van der Waals surface area contributed by atoms with E-state index < -0.39 is 0 Å². The van der Waals surface area contributed by atoms with Crippen LogP contribution in [0.5, 0.6) is 0 Å². The van der Waals surface area contributed by atoms with Crippen molar-refractivity contribution in [1.29, 1.82) is 0 Å². The number of rotatable bonds is 5. The van der Waals surface area contributed by atoms with E-state index in [1.54, 1.807) is 24.3 Å². The van der Waals surface area contributed by atoms with Crippen molar-refractivity contribution < 1.29 is 9.66 Å². The maximum absolute atomic E-state index is 10.8. The Balaban J connectivity index is 0.00000280. The first-order valence-electron chi connectivity index (χ1n) is 9.85. The molecule has 3 rings (SSSR count). The van der Waals surface area contributed by atoms with Gasteiger partial charge in [-0.25, -0.2) is 4.99 Å². The van der Waals surface area contributed by atoms with Crippen molar-refractivity contribution in [2.45, 2.75) is 33.2 Å². The third-order valence-electron chi connectivity index (χ3n) is 5.30. The molecule has 2 fully saturated rings. The van der Waals surface area contributed by atoms with Gasteiger partial charge in [-0.3, -0.25) is 10.1 Å². The number of hydrogen-bond donors (Lipinski definition) is 1. The number of nitrogens with zero attached hydrogens (tertiary/aromatic N) is 3. The number of aliphatic imine (C=N–C) groups is 1. The predicted molar refractivity (Wildman–Crippen MR) is 121 cm³/mol. The smallest absolute Gasteiger partial charge is 0.269 e. The van der Waals surface area contributed by atoms with Crippen molar-refractivity contribution in [2.24, 2.45) is 22.7 Å². The molecule has 156 valence electrons. The van der Waals surface area contributed by atoms with Crippen LogP contribution in [0.25, 0.3) is 0 Å². The van der Waals surface area contributed by atoms with Gasteiger partial charge in [-0.2, -0.15) is 0 Å². The van der Waals surface area contributed by atoms with Crippen molar-refractivity contribution in [3.63, 3.8) is 0 Å². The van der Waals surface area contributed by atoms with Gasteiger partial charge in [0.2, 0.25) is 0 Å². The van der Waals surface area contributed by atoms with Gasteiger partial charge in [0.1, 0.15) is 0 Å². The number of halogens is 1. The minimum atomic E-state index is -0.375. The van der Waals surface area contributed by atoms with Crippen LogP contribution in [-0.2, 0) is 11.3 Å². The second kappa shape index (κ2) is 10.9. The largest absolute Gasteiger partial charge is 0.381 e. The Bertz CT molecular complexity index is 652. The maximum atomic E-state index is 10.8. The summed E-state index contributed by atoms with van der Waals surface area (Å²) in [5.41, 5.74) is 1.09. The fourth-order valence-electron chi connectivity index (χ4n) is 3.97. The van der Waals surface area contributed by atoms with Crippen LogP contribution in [0.2, 0.25) is 0 Å². The van der Waals surface area contributed by atoms with Crippen LogP contribution in [0.1, 0.15) is 32.3 Å². The number of nitro groups is 1. The van der Waals surface area contributed by atoms with Crippen molar-refractivity contribution in [1.82, 2.24) is 10.2 Å². The summed E-state index contributed by atoms with van der Waals surface area (Å²) < 4.78 is 5.48. The SMILES string of the molecule is CC1CC(C)CN(C(=NCc2ccc([N+](=O)[O-])cc2)NCC2CCOC2)C1.I. The van der Waals surface area contributed by atoms with Gasteiger partial charge in [0.05, 0.1) is 18.1 Å². The van der Waals surface area contributed by atoms with Gasteiger partial charge in [-0.05, 0) is 30.2 Å². The first-order chi connectivity index (χ1) is 13.0. The lowest BCUT2D eigenvalue weighted by Crippen LogP contribution is -2.49. The molecular weight excluding hydrogens is 471 g/mol. The number of piperidine rings is 1. The summed E-state index contributed by atoms with van der Waals surface area (Å²) in [6, 6.07) is 6.65. The summed E-state index contributed by atoms with van der Waals surface area (Å²) in [4.78, 5) is 17.6. The number of hydrogen-bond acceptors (Lipinski definition) is 4. The zero-order valence-corrected chi connectivity index (χ0v) is 19.0. The highest BCUT2D eigenvalue weighted by atomic mass is 127. The number of likely N-dealkylation sites (tertiary alicyclic amines) is 1. The molecule has 3 atom stereocenters. The summed E-state index contributed by atoms with van der Waals surface area (Å²) in [7, 11) is 0. The number of benzene rings is 1. The highest BCUT2D eigenvalue weighted by molar-refractivity contribution is 14.0. The number of ether oxygens (including phenoxy) is 1. The van der Waals surface area contributed by atoms with E-state index in [-0.39, 0.29) is 34.6 Å². The molecule has 0 bridgehead atoms. The van der Waals surface area contributed by atoms with Gasteiger partial charge in [-0.1, -0.05) is 26.0 Å². The average molecular weight is 502 g/mol. The monoisotopic (exact) mass is 502 g/mol. The molecule has 1 N–H and O–H groups in total. The molecular formula is C20H31IN4O3. The molecule has 2 saturated heterocycles. The molecule has 7 nitrogen and oxygen atoms in total. The summed E-state index contributed by atoms with van der Waals surface area (Å²) >= 11 is 0. The predicted octanol–water partition coefficient (Wildman–Crippen LogP) is 3.67. The number of non-ortho nitro benzene ring substituents is 1. The molecule has 3 unspecified atom stereocenters. The Kier molecular flexibility index (Phi) is 8.94. The molecule has 0 radical (unpaired) electrons. The van der Waals surface area contributed by atoms with Crippen LogP contribution in [0.4, 0.5) is 5.69 Å². The van der Waals surface area contributed by atoms with E-state index in [2.05, 4.69) is 24.1 Å². The van der Waals surface area contributed by atoms with Gasteiger partial charge in [-0.15, -0.1) is 24.0 Å². The first-order valence-corrected chi connectivity index (χ1v) is 9.85. The summed E-state index contributed by atoms with van der Waals surface area (Å²) in [5.74, 6) is 2.78. The minimum Gasteiger partial charge on any atom is -0.381 e. The Morgan fingerprint density at radius 1 is 1.29 bits per heavy atom. The fourth-order valence-corrected chi connectivity index (χ4v) is 3.97. The number of nitro benzene ring substituents is 1. The molecule has 2 heterocycles. The van der Waals surface area contributed by atoms with E-state index >= 15 is 0 Å². The standard InChI is InChI=1S/C20H30N4O3.HI/c1-15-9-16(2)13-23(12-15)20(22-11-18-7-8-27-14-18)21-10-17-3-5-19(6-4-17)24(25)26;/h3-6,15-16,18H,7-14H2,1-2H3,(H,21,22);1H. The van der Waals surface area contributed by atoms with Gasteiger partial charge in [0.25, 0.3) is 5.69 Å². The average Bonchev–Trinajstić information content (AvgIpc) is 3.15. The topological polar surface area (TPSA) is 80.0 Å². The molecule has 28 heavy (non-hydrogen) atoms. The second-order valence-corrected chi connectivity index (χ2v) is 8.02. The van der Waals surface area contributed by atoms with E-state index in [0.717, 1.165) is 50.8 Å². The third kappa shape index (κ3) is 6.58. The lowest BCUT2D eigenvalue weighted by atomic mass is 9.92. The Hall–Kier alpha value is -1.42. The van der Waals surface area contributed by atoms with Gasteiger partial charge >= 0.3 is 0 Å². The first kappa shape index (κ1) is 22.9. The van der Waals surface area contributed by atoms with Crippen molar-refractivity contribution in [3.05, 3.63) is 39.9 Å². The molecule has 1 aromatic rings. The minimum absolute atomic E-state index is 0. The van der Waals surface area contributed by atoms with E-state index in [1.807, 2.05) is 0 Å². The highest BCUT2D eigenvalue weighted by Gasteiger charge is 2.25. The van der Waals surface area contributed by atoms with E-state index in [9.17, 15) is 10.1 Å². The van der Waals surface area contributed by atoms with Crippen LogP contribution in [0.3, 0.4) is 0 Å². The molecule has 0 aliphatic carbocycles. The third-order valence-corrected chi connectivity index (χ3v) is 5.30. The normalized spacial score (nSPS) is 25.3. The molecule has 0 saturated carbocycles.